The Balaban J connectivity index is 3.53. The zero-order chi connectivity index (χ0) is 20.1. The molecule has 0 amide bonds. The molecule has 1 saturated heterocycles. The molecule has 13 nitrogen and oxygen atoms in total. The van der Waals surface area contributed by atoms with Crippen LogP contribution >= 0.6 is 0 Å². The monoisotopic (exact) mass is 375 g/mol. The quantitative estimate of drug-likeness (QED) is 0.212. The summed E-state index contributed by atoms with van der Waals surface area (Å²) in [6, 6.07) is 0. The molecule has 1 N–H and O–H groups in total. The molecule has 0 aliphatic carbocycles. The smallest absolute Gasteiger partial charge is 0.339 e. The van der Waals surface area contributed by atoms with Crippen molar-refractivity contribution in [1.29, 1.82) is 0 Å². The summed E-state index contributed by atoms with van der Waals surface area (Å²) in [7, 11) is 0.974. The van der Waals surface area contributed by atoms with Crippen molar-refractivity contribution in [3.8, 4) is 0 Å². The normalized spacial score (nSPS) is 30.3. The number of aliphatic hydroxyl groups is 1. The second-order valence-corrected chi connectivity index (χ2v) is 5.09. The number of carbonyl (C=O) groups excluding carboxylic acids is 4. The first-order chi connectivity index (χ1) is 12.1. The molecule has 13 heteroatoms. The molecule has 0 aromatic rings. The van der Waals surface area contributed by atoms with E-state index in [9.17, 15) is 24.3 Å². The minimum atomic E-state index is -2.95. The third kappa shape index (κ3) is 4.81. The summed E-state index contributed by atoms with van der Waals surface area (Å²) in [6.07, 6.45) is -7.20. The first-order valence-corrected chi connectivity index (χ1v) is 7.11. The zero-order valence-corrected chi connectivity index (χ0v) is 14.3. The van der Waals surface area contributed by atoms with Gasteiger partial charge in [-0.2, -0.15) is 0 Å². The van der Waals surface area contributed by atoms with E-state index in [0.717, 1.165) is 27.9 Å². The SMILES string of the molecule is COC(=O)[C@H]1O[C@@](O)(N=[N+]=[N-])[C@H](OC(C)=O)[C@@H](OC(C)=O)[C@@H]1OC(C)=O. The molecule has 0 radical (unpaired) electrons. The Kier molecular flexibility index (Phi) is 6.89. The molecule has 0 spiro atoms. The van der Waals surface area contributed by atoms with E-state index < -0.39 is 54.2 Å². The second-order valence-electron chi connectivity index (χ2n) is 5.09. The number of carbonyl (C=O) groups is 4. The van der Waals surface area contributed by atoms with Crippen molar-refractivity contribution < 1.29 is 48.0 Å². The maximum Gasteiger partial charge on any atom is 0.339 e. The number of rotatable bonds is 5. The molecule has 1 fully saturated rings. The van der Waals surface area contributed by atoms with Gasteiger partial charge in [-0.15, -0.1) is 0 Å². The summed E-state index contributed by atoms with van der Waals surface area (Å²) in [5, 5.41) is 13.5. The fourth-order valence-electron chi connectivity index (χ4n) is 2.29. The van der Waals surface area contributed by atoms with E-state index in [4.69, 9.17) is 24.5 Å². The van der Waals surface area contributed by atoms with Gasteiger partial charge in [0.15, 0.2) is 18.3 Å². The van der Waals surface area contributed by atoms with Crippen LogP contribution in [0.3, 0.4) is 0 Å². The van der Waals surface area contributed by atoms with E-state index in [1.807, 2.05) is 0 Å². The van der Waals surface area contributed by atoms with Crippen LogP contribution in [-0.4, -0.2) is 66.4 Å². The second kappa shape index (κ2) is 8.47. The van der Waals surface area contributed by atoms with Gasteiger partial charge in [-0.3, -0.25) is 14.4 Å². The van der Waals surface area contributed by atoms with Crippen molar-refractivity contribution in [2.45, 2.75) is 51.1 Å². The number of esters is 4. The Morgan fingerprint density at radius 3 is 1.96 bits per heavy atom. The van der Waals surface area contributed by atoms with Crippen molar-refractivity contribution in [3.63, 3.8) is 0 Å². The number of hydrogen-bond acceptors (Lipinski definition) is 11. The van der Waals surface area contributed by atoms with Crippen LogP contribution < -0.4 is 0 Å². The summed E-state index contributed by atoms with van der Waals surface area (Å²) in [5.41, 5.74) is 8.67. The van der Waals surface area contributed by atoms with Gasteiger partial charge >= 0.3 is 23.9 Å². The van der Waals surface area contributed by atoms with Gasteiger partial charge in [0.25, 0.3) is 5.91 Å². The highest BCUT2D eigenvalue weighted by Crippen LogP contribution is 2.35. The average Bonchev–Trinajstić information content (AvgIpc) is 2.52. The topological polar surface area (TPSA) is 183 Å². The molecule has 1 rings (SSSR count). The summed E-state index contributed by atoms with van der Waals surface area (Å²) < 4.78 is 24.3. The van der Waals surface area contributed by atoms with Crippen molar-refractivity contribution >= 4 is 23.9 Å². The third-order valence-corrected chi connectivity index (χ3v) is 3.11. The number of hydrogen-bond donors (Lipinski definition) is 1. The number of azide groups is 1. The first kappa shape index (κ1) is 21.2. The van der Waals surface area contributed by atoms with Gasteiger partial charge in [0, 0.05) is 25.7 Å². The van der Waals surface area contributed by atoms with E-state index in [0.29, 0.717) is 0 Å². The summed E-state index contributed by atoms with van der Waals surface area (Å²) in [4.78, 5) is 48.6. The Morgan fingerprint density at radius 2 is 1.54 bits per heavy atom. The highest BCUT2D eigenvalue weighted by Gasteiger charge is 2.61. The van der Waals surface area contributed by atoms with Crippen LogP contribution in [0.15, 0.2) is 5.11 Å². The van der Waals surface area contributed by atoms with Gasteiger partial charge in [-0.25, -0.2) is 4.79 Å². The van der Waals surface area contributed by atoms with Gasteiger partial charge in [0.05, 0.1) is 7.11 Å². The van der Waals surface area contributed by atoms with Crippen LogP contribution in [0.5, 0.6) is 0 Å². The number of nitrogens with zero attached hydrogens (tertiary/aromatic N) is 3. The van der Waals surface area contributed by atoms with Crippen molar-refractivity contribution in [3.05, 3.63) is 10.4 Å². The van der Waals surface area contributed by atoms with E-state index in [1.165, 1.54) is 0 Å². The van der Waals surface area contributed by atoms with Crippen LogP contribution in [-0.2, 0) is 42.9 Å². The van der Waals surface area contributed by atoms with E-state index in [2.05, 4.69) is 14.8 Å². The molecular weight excluding hydrogens is 358 g/mol. The fraction of sp³-hybridized carbons (Fsp3) is 0.692. The molecule has 0 bridgehead atoms. The lowest BCUT2D eigenvalue weighted by Gasteiger charge is -2.45. The lowest BCUT2D eigenvalue weighted by atomic mass is 9.95. The largest absolute Gasteiger partial charge is 0.467 e. The van der Waals surface area contributed by atoms with Crippen LogP contribution in [0.1, 0.15) is 20.8 Å². The molecule has 26 heavy (non-hydrogen) atoms. The number of methoxy groups -OCH3 is 1. The van der Waals surface area contributed by atoms with Crippen LogP contribution in [0.2, 0.25) is 0 Å². The summed E-state index contributed by atoms with van der Waals surface area (Å²) in [5.74, 6) is -6.89. The molecule has 1 aliphatic heterocycles. The minimum Gasteiger partial charge on any atom is -0.467 e. The van der Waals surface area contributed by atoms with Crippen LogP contribution in [0.25, 0.3) is 10.4 Å². The maximum atomic E-state index is 12.0. The van der Waals surface area contributed by atoms with Crippen molar-refractivity contribution in [2.24, 2.45) is 5.11 Å². The highest BCUT2D eigenvalue weighted by molar-refractivity contribution is 5.77. The molecule has 5 atom stereocenters. The Labute approximate surface area is 146 Å². The summed E-state index contributed by atoms with van der Waals surface area (Å²) in [6.45, 7) is 2.92. The molecule has 0 unspecified atom stereocenters. The highest BCUT2D eigenvalue weighted by atomic mass is 16.7. The molecule has 0 aromatic heterocycles. The predicted molar refractivity (Wildman–Crippen MR) is 77.6 cm³/mol. The van der Waals surface area contributed by atoms with E-state index in [-0.39, 0.29) is 0 Å². The van der Waals surface area contributed by atoms with Gasteiger partial charge < -0.3 is 28.8 Å². The van der Waals surface area contributed by atoms with Gasteiger partial charge in [-0.05, 0) is 10.6 Å². The van der Waals surface area contributed by atoms with Crippen LogP contribution in [0, 0.1) is 0 Å². The third-order valence-electron chi connectivity index (χ3n) is 3.11. The first-order valence-electron chi connectivity index (χ1n) is 7.11. The number of ether oxygens (including phenoxy) is 5. The predicted octanol–water partition coefficient (Wildman–Crippen LogP) is -0.690. The molecule has 0 aromatic carbocycles. The van der Waals surface area contributed by atoms with E-state index >= 15 is 0 Å². The lowest BCUT2D eigenvalue weighted by molar-refractivity contribution is -0.341. The maximum absolute atomic E-state index is 12.0. The zero-order valence-electron chi connectivity index (χ0n) is 14.3. The Morgan fingerprint density at radius 1 is 1.04 bits per heavy atom. The molecule has 1 aliphatic rings. The molecule has 0 saturated carbocycles. The molecule has 144 valence electrons. The Bertz CT molecular complexity index is 646. The van der Waals surface area contributed by atoms with Gasteiger partial charge in [0.1, 0.15) is 0 Å². The van der Waals surface area contributed by atoms with Gasteiger partial charge in [0.2, 0.25) is 6.10 Å². The summed E-state index contributed by atoms with van der Waals surface area (Å²) >= 11 is 0. The van der Waals surface area contributed by atoms with E-state index in [1.54, 1.807) is 0 Å². The minimum absolute atomic E-state index is 0.902. The van der Waals surface area contributed by atoms with Crippen molar-refractivity contribution in [2.75, 3.05) is 7.11 Å². The van der Waals surface area contributed by atoms with Crippen molar-refractivity contribution in [1.82, 2.24) is 0 Å². The van der Waals surface area contributed by atoms with Crippen LogP contribution in [0.4, 0.5) is 0 Å². The van der Waals surface area contributed by atoms with Gasteiger partial charge in [-0.1, -0.05) is 0 Å². The molecular formula is C13H17N3O10. The fourth-order valence-corrected chi connectivity index (χ4v) is 2.29. The lowest BCUT2D eigenvalue weighted by Crippen LogP contribution is -2.68. The Hall–Kier alpha value is -2.89. The average molecular weight is 375 g/mol. The molecule has 1 heterocycles. The standard InChI is InChI=1S/C13H17N3O10/c1-5(17)23-8-9(24-6(2)18)11(25-7(3)19)13(21,15-16-14)26-10(8)12(20)22-4/h8-11,21H,1-4H3/t8-,9-,10-,11+,13+/m0/s1.